The van der Waals surface area contributed by atoms with E-state index in [2.05, 4.69) is 15.9 Å². The lowest BCUT2D eigenvalue weighted by molar-refractivity contribution is 0.208. The number of aliphatic hydroxyl groups excluding tert-OH is 1. The molecule has 1 aliphatic heterocycles. The topological polar surface area (TPSA) is 38.7 Å². The maximum atomic E-state index is 10.8. The molecule has 3 rings (SSSR count). The highest BCUT2D eigenvalue weighted by atomic mass is 79.9. The van der Waals surface area contributed by atoms with Crippen LogP contribution in [-0.2, 0) is 6.42 Å². The van der Waals surface area contributed by atoms with Crippen molar-refractivity contribution >= 4 is 15.9 Å². The van der Waals surface area contributed by atoms with Crippen molar-refractivity contribution in [1.29, 1.82) is 0 Å². The van der Waals surface area contributed by atoms with Crippen LogP contribution in [0.4, 0.5) is 0 Å². The highest BCUT2D eigenvalue weighted by molar-refractivity contribution is 9.10. The van der Waals surface area contributed by atoms with Crippen LogP contribution in [0.3, 0.4) is 0 Å². The van der Waals surface area contributed by atoms with E-state index in [1.165, 1.54) is 0 Å². The molecule has 2 aromatic carbocycles. The predicted octanol–water partition coefficient (Wildman–Crippen LogP) is 3.78. The molecule has 1 heterocycles. The van der Waals surface area contributed by atoms with Crippen molar-refractivity contribution in [3.63, 3.8) is 0 Å². The van der Waals surface area contributed by atoms with Crippen molar-refractivity contribution in [1.82, 2.24) is 0 Å². The second kappa shape index (κ2) is 5.70. The summed E-state index contributed by atoms with van der Waals surface area (Å²) >= 11 is 3.51. The number of rotatable bonds is 3. The van der Waals surface area contributed by atoms with Crippen LogP contribution >= 0.6 is 15.9 Å². The molecule has 0 aliphatic carbocycles. The summed E-state index contributed by atoms with van der Waals surface area (Å²) in [5, 5.41) is 10.8. The summed E-state index contributed by atoms with van der Waals surface area (Å²) in [7, 11) is 1.61. The summed E-state index contributed by atoms with van der Waals surface area (Å²) in [5.41, 5.74) is 3.75. The monoisotopic (exact) mass is 348 g/mol. The number of aryl methyl sites for hydroxylation is 1. The molecule has 0 spiro atoms. The first kappa shape index (κ1) is 14.4. The van der Waals surface area contributed by atoms with Gasteiger partial charge in [0.2, 0.25) is 0 Å². The zero-order chi connectivity index (χ0) is 15.0. The normalized spacial score (nSPS) is 14.5. The third-order valence-electron chi connectivity index (χ3n) is 3.75. The summed E-state index contributed by atoms with van der Waals surface area (Å²) in [4.78, 5) is 0. The van der Waals surface area contributed by atoms with Crippen LogP contribution in [0, 0.1) is 6.92 Å². The number of ether oxygens (including phenoxy) is 2. The molecule has 2 aromatic rings. The molecule has 0 aromatic heterocycles. The average Bonchev–Trinajstić information content (AvgIpc) is 2.93. The number of benzene rings is 2. The van der Waals surface area contributed by atoms with E-state index in [1.807, 2.05) is 37.3 Å². The number of aliphatic hydroxyl groups is 1. The summed E-state index contributed by atoms with van der Waals surface area (Å²) in [6.07, 6.45) is 0.101. The van der Waals surface area contributed by atoms with Gasteiger partial charge in [-0.3, -0.25) is 0 Å². The van der Waals surface area contributed by atoms with Crippen LogP contribution in [0.25, 0.3) is 0 Å². The van der Waals surface area contributed by atoms with Gasteiger partial charge >= 0.3 is 0 Å². The molecule has 0 saturated heterocycles. The van der Waals surface area contributed by atoms with Gasteiger partial charge in [-0.05, 0) is 36.8 Å². The van der Waals surface area contributed by atoms with E-state index in [1.54, 1.807) is 7.11 Å². The Morgan fingerprint density at radius 2 is 2.05 bits per heavy atom. The molecule has 0 amide bonds. The van der Waals surface area contributed by atoms with Gasteiger partial charge in [0.05, 0.1) is 13.7 Å². The Bertz CT molecular complexity index is 682. The minimum atomic E-state index is -0.774. The smallest absolute Gasteiger partial charge is 0.128 e. The quantitative estimate of drug-likeness (QED) is 0.917. The first-order chi connectivity index (χ1) is 10.1. The van der Waals surface area contributed by atoms with Crippen molar-refractivity contribution in [2.75, 3.05) is 13.7 Å². The number of halogens is 1. The Kier molecular flexibility index (Phi) is 3.91. The second-order valence-electron chi connectivity index (χ2n) is 5.23. The van der Waals surface area contributed by atoms with Crippen LogP contribution in [0.1, 0.15) is 28.4 Å². The lowest BCUT2D eigenvalue weighted by Gasteiger charge is -2.18. The molecule has 1 atom stereocenters. The van der Waals surface area contributed by atoms with E-state index in [0.29, 0.717) is 12.4 Å². The van der Waals surface area contributed by atoms with Gasteiger partial charge < -0.3 is 14.6 Å². The number of fused-ring (bicyclic) bond motifs is 1. The summed E-state index contributed by atoms with van der Waals surface area (Å²) < 4.78 is 12.0. The molecule has 3 nitrogen and oxygen atoms in total. The molecule has 110 valence electrons. The Morgan fingerprint density at radius 3 is 2.81 bits per heavy atom. The standard InChI is InChI=1S/C17H17BrO3/c1-10-3-4-15(20-2)13(7-10)16(19)14-9-12(18)8-11-5-6-21-17(11)14/h3-4,7-9,16,19H,5-6H2,1-2H3. The Labute approximate surface area is 132 Å². The van der Waals surface area contributed by atoms with Crippen LogP contribution in [-0.4, -0.2) is 18.8 Å². The van der Waals surface area contributed by atoms with Gasteiger partial charge in [0, 0.05) is 22.0 Å². The molecule has 4 heteroatoms. The zero-order valence-electron chi connectivity index (χ0n) is 12.0. The van der Waals surface area contributed by atoms with Gasteiger partial charge in [-0.1, -0.05) is 27.6 Å². The first-order valence-electron chi connectivity index (χ1n) is 6.88. The van der Waals surface area contributed by atoms with Crippen molar-refractivity contribution in [3.05, 3.63) is 57.1 Å². The summed E-state index contributed by atoms with van der Waals surface area (Å²) in [6.45, 7) is 2.66. The highest BCUT2D eigenvalue weighted by Gasteiger charge is 2.25. The third kappa shape index (κ3) is 2.65. The van der Waals surface area contributed by atoms with Gasteiger partial charge in [0.1, 0.15) is 17.6 Å². The fourth-order valence-electron chi connectivity index (χ4n) is 2.74. The van der Waals surface area contributed by atoms with Gasteiger partial charge in [-0.25, -0.2) is 0 Å². The second-order valence-corrected chi connectivity index (χ2v) is 6.15. The van der Waals surface area contributed by atoms with E-state index in [-0.39, 0.29) is 0 Å². The molecule has 1 N–H and O–H groups in total. The van der Waals surface area contributed by atoms with Crippen LogP contribution < -0.4 is 9.47 Å². The molecule has 1 unspecified atom stereocenters. The van der Waals surface area contributed by atoms with E-state index in [4.69, 9.17) is 9.47 Å². The number of hydrogen-bond donors (Lipinski definition) is 1. The maximum absolute atomic E-state index is 10.8. The highest BCUT2D eigenvalue weighted by Crippen LogP contribution is 2.40. The van der Waals surface area contributed by atoms with Crippen LogP contribution in [0.2, 0.25) is 0 Å². The van der Waals surface area contributed by atoms with Crippen molar-refractivity contribution in [3.8, 4) is 11.5 Å². The van der Waals surface area contributed by atoms with Crippen molar-refractivity contribution in [2.45, 2.75) is 19.4 Å². The zero-order valence-corrected chi connectivity index (χ0v) is 13.6. The van der Waals surface area contributed by atoms with Crippen molar-refractivity contribution < 1.29 is 14.6 Å². The lowest BCUT2D eigenvalue weighted by Crippen LogP contribution is -2.05. The largest absolute Gasteiger partial charge is 0.496 e. The Balaban J connectivity index is 2.11. The van der Waals surface area contributed by atoms with E-state index in [0.717, 1.165) is 38.9 Å². The molecule has 21 heavy (non-hydrogen) atoms. The minimum Gasteiger partial charge on any atom is -0.496 e. The maximum Gasteiger partial charge on any atom is 0.128 e. The Hall–Kier alpha value is -1.52. The van der Waals surface area contributed by atoms with Gasteiger partial charge in [0.25, 0.3) is 0 Å². The SMILES string of the molecule is COc1ccc(C)cc1C(O)c1cc(Br)cc2c1OCC2. The van der Waals surface area contributed by atoms with Crippen LogP contribution in [0.15, 0.2) is 34.8 Å². The molecule has 0 saturated carbocycles. The van der Waals surface area contributed by atoms with Gasteiger partial charge in [-0.2, -0.15) is 0 Å². The fourth-order valence-corrected chi connectivity index (χ4v) is 3.26. The first-order valence-corrected chi connectivity index (χ1v) is 7.67. The predicted molar refractivity (Wildman–Crippen MR) is 85.1 cm³/mol. The fraction of sp³-hybridized carbons (Fsp3) is 0.294. The summed E-state index contributed by atoms with van der Waals surface area (Å²) in [6, 6.07) is 9.76. The average molecular weight is 349 g/mol. The molecule has 0 radical (unpaired) electrons. The van der Waals surface area contributed by atoms with Gasteiger partial charge in [0.15, 0.2) is 0 Å². The van der Waals surface area contributed by atoms with Crippen LogP contribution in [0.5, 0.6) is 11.5 Å². The van der Waals surface area contributed by atoms with E-state index >= 15 is 0 Å². The lowest BCUT2D eigenvalue weighted by atomic mass is 9.96. The molecule has 0 bridgehead atoms. The Morgan fingerprint density at radius 1 is 1.24 bits per heavy atom. The van der Waals surface area contributed by atoms with E-state index < -0.39 is 6.10 Å². The third-order valence-corrected chi connectivity index (χ3v) is 4.21. The number of methoxy groups -OCH3 is 1. The van der Waals surface area contributed by atoms with E-state index in [9.17, 15) is 5.11 Å². The van der Waals surface area contributed by atoms with Crippen molar-refractivity contribution in [2.24, 2.45) is 0 Å². The number of hydrogen-bond acceptors (Lipinski definition) is 3. The minimum absolute atomic E-state index is 0.663. The summed E-state index contributed by atoms with van der Waals surface area (Å²) in [5.74, 6) is 1.48. The molecule has 1 aliphatic rings. The molecular weight excluding hydrogens is 332 g/mol. The molecule has 0 fully saturated rings. The van der Waals surface area contributed by atoms with Gasteiger partial charge in [-0.15, -0.1) is 0 Å². The molecular formula is C17H17BrO3.